The number of halogens is 2. The van der Waals surface area contributed by atoms with E-state index in [9.17, 15) is 4.79 Å². The molecule has 0 atom stereocenters. The van der Waals surface area contributed by atoms with Gasteiger partial charge in [-0.05, 0) is 36.1 Å². The number of carbonyl (C=O) groups is 1. The number of aliphatic hydroxyl groups excluding tert-OH is 1. The molecule has 0 aliphatic rings. The van der Waals surface area contributed by atoms with Crippen LogP contribution < -0.4 is 5.32 Å². The van der Waals surface area contributed by atoms with Gasteiger partial charge in [0.1, 0.15) is 11.5 Å². The Morgan fingerprint density at radius 1 is 1.43 bits per heavy atom. The fourth-order valence-corrected chi connectivity index (χ4v) is 2.94. The number of rotatable bonds is 2. The molecule has 0 aliphatic heterocycles. The maximum Gasteiger partial charge on any atom is 0.267 e. The second-order valence-corrected chi connectivity index (χ2v) is 5.84. The zero-order chi connectivity index (χ0) is 15.4. The third-order valence-electron chi connectivity index (χ3n) is 2.63. The first-order valence-corrected chi connectivity index (χ1v) is 7.60. The van der Waals surface area contributed by atoms with Crippen molar-refractivity contribution in [2.75, 3.05) is 11.9 Å². The highest BCUT2D eigenvalue weighted by Gasteiger charge is 2.15. The Labute approximate surface area is 136 Å². The number of anilines is 1. The molecule has 0 aliphatic carbocycles. The van der Waals surface area contributed by atoms with E-state index in [0.717, 1.165) is 5.56 Å². The van der Waals surface area contributed by atoms with E-state index >= 15 is 0 Å². The van der Waals surface area contributed by atoms with Crippen LogP contribution in [0.5, 0.6) is 0 Å². The number of benzene rings is 1. The molecule has 2 rings (SSSR count). The molecular weight excluding hydrogens is 329 g/mol. The number of thiophene rings is 1. The molecule has 21 heavy (non-hydrogen) atoms. The Bertz CT molecular complexity index is 744. The van der Waals surface area contributed by atoms with Crippen molar-refractivity contribution in [3.05, 3.63) is 49.6 Å². The van der Waals surface area contributed by atoms with Crippen LogP contribution in [-0.2, 0) is 0 Å². The first-order valence-electron chi connectivity index (χ1n) is 5.97. The average Bonchev–Trinajstić information content (AvgIpc) is 2.80. The van der Waals surface area contributed by atoms with E-state index in [1.165, 1.54) is 11.3 Å². The largest absolute Gasteiger partial charge is 0.384 e. The molecule has 0 saturated carbocycles. The van der Waals surface area contributed by atoms with Crippen LogP contribution in [0.4, 0.5) is 5.69 Å². The zero-order valence-corrected chi connectivity index (χ0v) is 13.4. The molecule has 0 unspecified atom stereocenters. The minimum atomic E-state index is -0.313. The van der Waals surface area contributed by atoms with Crippen molar-refractivity contribution >= 4 is 46.1 Å². The van der Waals surface area contributed by atoms with Crippen LogP contribution in [0.15, 0.2) is 23.6 Å². The van der Waals surface area contributed by atoms with E-state index in [4.69, 9.17) is 28.3 Å². The van der Waals surface area contributed by atoms with E-state index < -0.39 is 0 Å². The smallest absolute Gasteiger partial charge is 0.267 e. The number of nitrogens with one attached hydrogen (secondary N) is 1. The highest BCUT2D eigenvalue weighted by molar-refractivity contribution is 7.13. The van der Waals surface area contributed by atoms with E-state index in [1.54, 1.807) is 18.2 Å². The monoisotopic (exact) mass is 339 g/mol. The van der Waals surface area contributed by atoms with Gasteiger partial charge >= 0.3 is 0 Å². The van der Waals surface area contributed by atoms with Crippen LogP contribution in [0.25, 0.3) is 0 Å². The lowest BCUT2D eigenvalue weighted by Crippen LogP contribution is -2.11. The van der Waals surface area contributed by atoms with Gasteiger partial charge in [-0.2, -0.15) is 0 Å². The van der Waals surface area contributed by atoms with E-state index in [-0.39, 0.29) is 12.5 Å². The lowest BCUT2D eigenvalue weighted by atomic mass is 10.2. The molecule has 0 spiro atoms. The maximum atomic E-state index is 12.2. The van der Waals surface area contributed by atoms with Crippen molar-refractivity contribution in [1.29, 1.82) is 0 Å². The fourth-order valence-electron chi connectivity index (χ4n) is 1.60. The molecule has 2 aromatic rings. The molecule has 3 nitrogen and oxygen atoms in total. The Hall–Kier alpha value is -1.51. The molecule has 1 aromatic carbocycles. The molecule has 1 amide bonds. The number of carbonyl (C=O) groups excluding carboxylic acids is 1. The quantitative estimate of drug-likeness (QED) is 0.813. The van der Waals surface area contributed by atoms with Crippen LogP contribution in [0.3, 0.4) is 0 Å². The molecule has 108 valence electrons. The molecule has 2 N–H and O–H groups in total. The Morgan fingerprint density at radius 2 is 2.19 bits per heavy atom. The van der Waals surface area contributed by atoms with Gasteiger partial charge in [0, 0.05) is 5.56 Å². The van der Waals surface area contributed by atoms with Crippen molar-refractivity contribution in [1.82, 2.24) is 0 Å². The number of hydrogen-bond donors (Lipinski definition) is 2. The third kappa shape index (κ3) is 3.78. The summed E-state index contributed by atoms with van der Waals surface area (Å²) in [6.45, 7) is 1.61. The molecule has 6 heteroatoms. The zero-order valence-electron chi connectivity index (χ0n) is 11.0. The van der Waals surface area contributed by atoms with Gasteiger partial charge in [-0.15, -0.1) is 11.3 Å². The fraction of sp³-hybridized carbons (Fsp3) is 0.133. The minimum Gasteiger partial charge on any atom is -0.384 e. The highest BCUT2D eigenvalue weighted by atomic mass is 35.5. The number of aliphatic hydroxyl groups is 1. The predicted octanol–water partition coefficient (Wildman–Crippen LogP) is 3.96. The van der Waals surface area contributed by atoms with Crippen molar-refractivity contribution in [2.24, 2.45) is 0 Å². The summed E-state index contributed by atoms with van der Waals surface area (Å²) in [5, 5.41) is 14.1. The number of hydrogen-bond acceptors (Lipinski definition) is 3. The lowest BCUT2D eigenvalue weighted by molar-refractivity contribution is 0.103. The second kappa shape index (κ2) is 6.97. The van der Waals surface area contributed by atoms with Crippen LogP contribution in [0.2, 0.25) is 10.0 Å². The maximum absolute atomic E-state index is 12.2. The molecule has 0 fully saturated rings. The summed E-state index contributed by atoms with van der Waals surface area (Å²) in [6, 6.07) is 5.00. The molecule has 0 radical (unpaired) electrons. The van der Waals surface area contributed by atoms with E-state index in [2.05, 4.69) is 17.2 Å². The summed E-state index contributed by atoms with van der Waals surface area (Å²) in [5.41, 5.74) is 1.96. The van der Waals surface area contributed by atoms with Crippen LogP contribution >= 0.6 is 34.5 Å². The van der Waals surface area contributed by atoms with Gasteiger partial charge in [0.2, 0.25) is 0 Å². The first-order chi connectivity index (χ1) is 10.0. The van der Waals surface area contributed by atoms with Gasteiger partial charge in [-0.3, -0.25) is 4.79 Å². The Morgan fingerprint density at radius 3 is 2.81 bits per heavy atom. The summed E-state index contributed by atoms with van der Waals surface area (Å²) in [6.07, 6.45) is 0. The Kier molecular flexibility index (Phi) is 5.27. The summed E-state index contributed by atoms with van der Waals surface area (Å²) < 4.78 is 0. The van der Waals surface area contributed by atoms with Gasteiger partial charge in [-0.1, -0.05) is 35.0 Å². The summed E-state index contributed by atoms with van der Waals surface area (Å²) >= 11 is 13.4. The molecule has 1 aromatic heterocycles. The van der Waals surface area contributed by atoms with E-state index in [1.807, 2.05) is 12.3 Å². The van der Waals surface area contributed by atoms with Gasteiger partial charge < -0.3 is 10.4 Å². The van der Waals surface area contributed by atoms with Gasteiger partial charge in [0.25, 0.3) is 5.91 Å². The third-order valence-corrected chi connectivity index (χ3v) is 4.66. The van der Waals surface area contributed by atoms with Crippen molar-refractivity contribution in [2.45, 2.75) is 6.92 Å². The lowest BCUT2D eigenvalue weighted by Gasteiger charge is -2.07. The van der Waals surface area contributed by atoms with Gasteiger partial charge in [-0.25, -0.2) is 0 Å². The number of aryl methyl sites for hydroxylation is 1. The van der Waals surface area contributed by atoms with Crippen molar-refractivity contribution in [3.8, 4) is 11.8 Å². The summed E-state index contributed by atoms with van der Waals surface area (Å²) in [5.74, 6) is 4.98. The SMILES string of the molecule is Cc1csc(C(=O)Nc2cc(C#CCO)ccc2Cl)c1Cl. The van der Waals surface area contributed by atoms with Crippen molar-refractivity contribution in [3.63, 3.8) is 0 Å². The number of amides is 1. The van der Waals surface area contributed by atoms with Gasteiger partial charge in [0.05, 0.1) is 15.7 Å². The predicted molar refractivity (Wildman–Crippen MR) is 87.4 cm³/mol. The summed E-state index contributed by atoms with van der Waals surface area (Å²) in [4.78, 5) is 12.6. The van der Waals surface area contributed by atoms with Gasteiger partial charge in [0.15, 0.2) is 0 Å². The summed E-state index contributed by atoms with van der Waals surface area (Å²) in [7, 11) is 0. The van der Waals surface area contributed by atoms with Crippen LogP contribution in [0, 0.1) is 18.8 Å². The topological polar surface area (TPSA) is 49.3 Å². The van der Waals surface area contributed by atoms with E-state index in [0.29, 0.717) is 26.2 Å². The normalized spacial score (nSPS) is 9.90. The molecular formula is C15H11Cl2NO2S. The van der Waals surface area contributed by atoms with Crippen LogP contribution in [0.1, 0.15) is 20.8 Å². The second-order valence-electron chi connectivity index (χ2n) is 4.17. The minimum absolute atomic E-state index is 0.228. The molecule has 0 saturated heterocycles. The molecule has 1 heterocycles. The average molecular weight is 340 g/mol. The highest BCUT2D eigenvalue weighted by Crippen LogP contribution is 2.29. The Balaban J connectivity index is 2.26. The van der Waals surface area contributed by atoms with Crippen molar-refractivity contribution < 1.29 is 9.90 Å². The first kappa shape index (κ1) is 15.9. The molecule has 0 bridgehead atoms. The standard InChI is InChI=1S/C15H11Cl2NO2S/c1-9-8-21-14(13(9)17)15(20)18-12-7-10(3-2-6-19)4-5-11(12)16/h4-5,7-8,19H,6H2,1H3,(H,18,20). The van der Waals surface area contributed by atoms with Crippen LogP contribution in [-0.4, -0.2) is 17.6 Å².